The molecule has 1 aliphatic heterocycles. The third-order valence-electron chi connectivity index (χ3n) is 3.99. The highest BCUT2D eigenvalue weighted by Gasteiger charge is 2.26. The van der Waals surface area contributed by atoms with Gasteiger partial charge in [-0.05, 0) is 12.8 Å². The lowest BCUT2D eigenvalue weighted by Gasteiger charge is -2.38. The van der Waals surface area contributed by atoms with Crippen LogP contribution in [0.5, 0.6) is 0 Å². The van der Waals surface area contributed by atoms with E-state index in [1.807, 2.05) is 0 Å². The summed E-state index contributed by atoms with van der Waals surface area (Å²) in [5.41, 5.74) is 5.43. The van der Waals surface area contributed by atoms with Gasteiger partial charge in [0.1, 0.15) is 0 Å². The Kier molecular flexibility index (Phi) is 4.58. The minimum Gasteiger partial charge on any atom is -0.390 e. The Morgan fingerprint density at radius 1 is 1.12 bits per heavy atom. The van der Waals surface area contributed by atoms with Crippen LogP contribution in [0.1, 0.15) is 25.7 Å². The molecule has 3 N–H and O–H groups in total. The molecule has 16 heavy (non-hydrogen) atoms. The molecule has 1 saturated carbocycles. The van der Waals surface area contributed by atoms with Crippen LogP contribution in [0.25, 0.3) is 0 Å². The number of hydrogen-bond acceptors (Lipinski definition) is 4. The summed E-state index contributed by atoms with van der Waals surface area (Å²) in [6, 6.07) is 0.849. The van der Waals surface area contributed by atoms with Crippen molar-refractivity contribution in [2.75, 3.05) is 39.3 Å². The maximum atomic E-state index is 9.51. The molecular weight excluding hydrogens is 202 g/mol. The van der Waals surface area contributed by atoms with E-state index in [1.165, 1.54) is 38.8 Å². The molecule has 1 aliphatic carbocycles. The van der Waals surface area contributed by atoms with Gasteiger partial charge in [0.05, 0.1) is 6.10 Å². The molecule has 4 nitrogen and oxygen atoms in total. The molecule has 2 aliphatic rings. The van der Waals surface area contributed by atoms with E-state index in [2.05, 4.69) is 9.80 Å². The molecule has 0 aromatic carbocycles. The van der Waals surface area contributed by atoms with Gasteiger partial charge >= 0.3 is 0 Å². The molecule has 0 bridgehead atoms. The Bertz CT molecular complexity index is 198. The SMILES string of the molecule is NCC(O)CN1CCN(C2CCCC2)CC1. The minimum atomic E-state index is -0.349. The van der Waals surface area contributed by atoms with E-state index in [4.69, 9.17) is 5.73 Å². The van der Waals surface area contributed by atoms with E-state index in [0.717, 1.165) is 25.7 Å². The summed E-state index contributed by atoms with van der Waals surface area (Å²) in [5.74, 6) is 0. The fraction of sp³-hybridized carbons (Fsp3) is 1.00. The molecule has 1 saturated heterocycles. The first kappa shape index (κ1) is 12.3. The van der Waals surface area contributed by atoms with Crippen molar-refractivity contribution in [3.8, 4) is 0 Å². The number of nitrogens with two attached hydrogens (primary N) is 1. The highest BCUT2D eigenvalue weighted by molar-refractivity contribution is 4.82. The lowest BCUT2D eigenvalue weighted by atomic mass is 10.1. The predicted octanol–water partition coefficient (Wildman–Crippen LogP) is -0.134. The van der Waals surface area contributed by atoms with Crippen molar-refractivity contribution in [1.29, 1.82) is 0 Å². The molecule has 0 amide bonds. The highest BCUT2D eigenvalue weighted by atomic mass is 16.3. The average molecular weight is 227 g/mol. The van der Waals surface area contributed by atoms with Crippen molar-refractivity contribution in [2.45, 2.75) is 37.8 Å². The Hall–Kier alpha value is -0.160. The summed E-state index contributed by atoms with van der Waals surface area (Å²) in [7, 11) is 0. The molecule has 4 heteroatoms. The quantitative estimate of drug-likeness (QED) is 0.702. The first-order chi connectivity index (χ1) is 7.79. The van der Waals surface area contributed by atoms with Gasteiger partial charge in [-0.2, -0.15) is 0 Å². The van der Waals surface area contributed by atoms with Crippen LogP contribution in [-0.4, -0.2) is 66.3 Å². The normalized spacial score (nSPS) is 27.4. The lowest BCUT2D eigenvalue weighted by Crippen LogP contribution is -2.51. The number of hydrogen-bond donors (Lipinski definition) is 2. The molecule has 0 spiro atoms. The molecule has 1 atom stereocenters. The molecule has 0 radical (unpaired) electrons. The molecule has 1 heterocycles. The second kappa shape index (κ2) is 5.96. The molecule has 1 unspecified atom stereocenters. The summed E-state index contributed by atoms with van der Waals surface area (Å²) in [4.78, 5) is 4.97. The van der Waals surface area contributed by atoms with Gasteiger partial charge in [0, 0.05) is 45.3 Å². The van der Waals surface area contributed by atoms with Crippen molar-refractivity contribution < 1.29 is 5.11 Å². The lowest BCUT2D eigenvalue weighted by molar-refractivity contribution is 0.0602. The number of aliphatic hydroxyl groups excluding tert-OH is 1. The van der Waals surface area contributed by atoms with Gasteiger partial charge in [0.15, 0.2) is 0 Å². The molecule has 2 rings (SSSR count). The Balaban J connectivity index is 1.69. The van der Waals surface area contributed by atoms with Gasteiger partial charge in [-0.15, -0.1) is 0 Å². The second-order valence-corrected chi connectivity index (χ2v) is 5.16. The zero-order valence-corrected chi connectivity index (χ0v) is 10.1. The monoisotopic (exact) mass is 227 g/mol. The van der Waals surface area contributed by atoms with Gasteiger partial charge in [0.25, 0.3) is 0 Å². The van der Waals surface area contributed by atoms with Crippen LogP contribution in [0.3, 0.4) is 0 Å². The minimum absolute atomic E-state index is 0.349. The predicted molar refractivity (Wildman–Crippen MR) is 65.3 cm³/mol. The number of nitrogens with zero attached hydrogens (tertiary/aromatic N) is 2. The largest absolute Gasteiger partial charge is 0.390 e. The summed E-state index contributed by atoms with van der Waals surface area (Å²) < 4.78 is 0. The number of piperazine rings is 1. The van der Waals surface area contributed by atoms with E-state index in [-0.39, 0.29) is 6.10 Å². The third kappa shape index (κ3) is 3.17. The summed E-state index contributed by atoms with van der Waals surface area (Å²) in [6.45, 7) is 5.64. The molecule has 94 valence electrons. The zero-order valence-electron chi connectivity index (χ0n) is 10.1. The molecule has 0 aromatic rings. The van der Waals surface area contributed by atoms with Crippen LogP contribution < -0.4 is 5.73 Å². The molecule has 0 aromatic heterocycles. The van der Waals surface area contributed by atoms with Crippen molar-refractivity contribution in [3.05, 3.63) is 0 Å². The van der Waals surface area contributed by atoms with E-state index in [0.29, 0.717) is 6.54 Å². The van der Waals surface area contributed by atoms with Gasteiger partial charge in [-0.3, -0.25) is 9.80 Å². The third-order valence-corrected chi connectivity index (χ3v) is 3.99. The van der Waals surface area contributed by atoms with E-state index >= 15 is 0 Å². The zero-order chi connectivity index (χ0) is 11.4. The fourth-order valence-corrected chi connectivity index (χ4v) is 2.95. The average Bonchev–Trinajstić information content (AvgIpc) is 2.83. The number of rotatable bonds is 4. The van der Waals surface area contributed by atoms with E-state index < -0.39 is 0 Å². The van der Waals surface area contributed by atoms with Crippen molar-refractivity contribution >= 4 is 0 Å². The standard InChI is InChI=1S/C12H25N3O/c13-9-12(16)10-14-5-7-15(8-6-14)11-3-1-2-4-11/h11-12,16H,1-10,13H2. The Labute approximate surface area is 98.4 Å². The van der Waals surface area contributed by atoms with Crippen molar-refractivity contribution in [1.82, 2.24) is 9.80 Å². The summed E-state index contributed by atoms with van der Waals surface area (Å²) in [6.07, 6.45) is 5.27. The Morgan fingerprint density at radius 2 is 1.75 bits per heavy atom. The maximum absolute atomic E-state index is 9.51. The molecule has 2 fully saturated rings. The first-order valence-corrected chi connectivity index (χ1v) is 6.64. The van der Waals surface area contributed by atoms with Gasteiger partial charge < -0.3 is 10.8 Å². The topological polar surface area (TPSA) is 52.7 Å². The van der Waals surface area contributed by atoms with Crippen LogP contribution in [0, 0.1) is 0 Å². The van der Waals surface area contributed by atoms with Crippen LogP contribution in [0.15, 0.2) is 0 Å². The summed E-state index contributed by atoms with van der Waals surface area (Å²) >= 11 is 0. The van der Waals surface area contributed by atoms with Crippen LogP contribution in [0.2, 0.25) is 0 Å². The van der Waals surface area contributed by atoms with Crippen LogP contribution >= 0.6 is 0 Å². The van der Waals surface area contributed by atoms with E-state index in [1.54, 1.807) is 0 Å². The maximum Gasteiger partial charge on any atom is 0.0789 e. The smallest absolute Gasteiger partial charge is 0.0789 e. The van der Waals surface area contributed by atoms with Crippen molar-refractivity contribution in [3.63, 3.8) is 0 Å². The van der Waals surface area contributed by atoms with Crippen molar-refractivity contribution in [2.24, 2.45) is 5.73 Å². The van der Waals surface area contributed by atoms with E-state index in [9.17, 15) is 5.11 Å². The highest BCUT2D eigenvalue weighted by Crippen LogP contribution is 2.24. The fourth-order valence-electron chi connectivity index (χ4n) is 2.95. The van der Waals surface area contributed by atoms with Crippen LogP contribution in [-0.2, 0) is 0 Å². The van der Waals surface area contributed by atoms with Gasteiger partial charge in [0.2, 0.25) is 0 Å². The van der Waals surface area contributed by atoms with Gasteiger partial charge in [-0.1, -0.05) is 12.8 Å². The Morgan fingerprint density at radius 3 is 2.31 bits per heavy atom. The second-order valence-electron chi connectivity index (χ2n) is 5.16. The number of β-amino-alcohol motifs (C(OH)–C–C–N with tert-alkyl or cyclic N) is 1. The van der Waals surface area contributed by atoms with Crippen LogP contribution in [0.4, 0.5) is 0 Å². The van der Waals surface area contributed by atoms with Gasteiger partial charge in [-0.25, -0.2) is 0 Å². The number of aliphatic hydroxyl groups is 1. The molecular formula is C12H25N3O. The summed E-state index contributed by atoms with van der Waals surface area (Å²) in [5, 5.41) is 9.51. The first-order valence-electron chi connectivity index (χ1n) is 6.64.